The molecule has 146 valence electrons. The van der Waals surface area contributed by atoms with Crippen LogP contribution < -0.4 is 16.4 Å². The van der Waals surface area contributed by atoms with E-state index in [4.69, 9.17) is 5.73 Å². The Bertz CT molecular complexity index is 1030. The molecule has 7 nitrogen and oxygen atoms in total. The number of carbonyl (C=O) groups is 1. The number of amides is 1. The minimum Gasteiger partial charge on any atom is -0.397 e. The highest BCUT2D eigenvalue weighted by atomic mass is 16.6. The smallest absolute Gasteiger partial charge is 0.269 e. The number of nitro groups is 1. The molecule has 4 N–H and O–H groups in total. The van der Waals surface area contributed by atoms with Crippen LogP contribution in [-0.4, -0.2) is 10.8 Å². The highest BCUT2D eigenvalue weighted by Gasteiger charge is 2.04. The Hall–Kier alpha value is -4.13. The molecule has 0 bridgehead atoms. The predicted molar refractivity (Wildman–Crippen MR) is 115 cm³/mol. The maximum absolute atomic E-state index is 12.0. The number of nitrogens with two attached hydrogens (primary N) is 1. The second-order valence-electron chi connectivity index (χ2n) is 6.31. The van der Waals surface area contributed by atoms with Crippen molar-refractivity contribution in [1.29, 1.82) is 0 Å². The molecule has 0 radical (unpaired) electrons. The summed E-state index contributed by atoms with van der Waals surface area (Å²) in [5, 5.41) is 16.6. The molecule has 0 aliphatic rings. The van der Waals surface area contributed by atoms with Gasteiger partial charge in [0.25, 0.3) is 5.69 Å². The van der Waals surface area contributed by atoms with Gasteiger partial charge in [0.05, 0.1) is 16.3 Å². The van der Waals surface area contributed by atoms with Crippen molar-refractivity contribution >= 4 is 34.7 Å². The van der Waals surface area contributed by atoms with Crippen molar-refractivity contribution in [3.05, 3.63) is 100 Å². The van der Waals surface area contributed by atoms with Crippen LogP contribution in [0, 0.1) is 10.1 Å². The minimum absolute atomic E-state index is 0.0608. The van der Waals surface area contributed by atoms with Crippen LogP contribution in [0.25, 0.3) is 6.08 Å². The molecule has 29 heavy (non-hydrogen) atoms. The van der Waals surface area contributed by atoms with Gasteiger partial charge in [-0.3, -0.25) is 14.9 Å². The summed E-state index contributed by atoms with van der Waals surface area (Å²) in [6, 6.07) is 21.1. The molecular weight excluding hydrogens is 368 g/mol. The number of nitro benzene ring substituents is 1. The third-order valence-corrected chi connectivity index (χ3v) is 4.20. The van der Waals surface area contributed by atoms with Gasteiger partial charge in [-0.2, -0.15) is 0 Å². The normalized spacial score (nSPS) is 10.6. The maximum Gasteiger partial charge on any atom is 0.269 e. The van der Waals surface area contributed by atoms with Gasteiger partial charge in [0.1, 0.15) is 0 Å². The highest BCUT2D eigenvalue weighted by Crippen LogP contribution is 2.18. The van der Waals surface area contributed by atoms with E-state index < -0.39 is 4.92 Å². The summed E-state index contributed by atoms with van der Waals surface area (Å²) in [5.74, 6) is -0.258. The minimum atomic E-state index is -0.426. The highest BCUT2D eigenvalue weighted by molar-refractivity contribution is 6.03. The third kappa shape index (κ3) is 5.67. The Kier molecular flexibility index (Phi) is 6.22. The predicted octanol–water partition coefficient (Wildman–Crippen LogP) is 4.44. The largest absolute Gasteiger partial charge is 0.397 e. The van der Waals surface area contributed by atoms with E-state index >= 15 is 0 Å². The molecule has 0 aliphatic carbocycles. The van der Waals surface area contributed by atoms with Crippen LogP contribution in [0.15, 0.2) is 78.9 Å². The molecule has 0 heterocycles. The van der Waals surface area contributed by atoms with E-state index in [1.165, 1.54) is 18.2 Å². The molecule has 7 heteroatoms. The fraction of sp³-hybridized carbons (Fsp3) is 0.0455. The first kappa shape index (κ1) is 19.6. The van der Waals surface area contributed by atoms with E-state index in [0.717, 1.165) is 16.8 Å². The van der Waals surface area contributed by atoms with Crippen molar-refractivity contribution in [3.63, 3.8) is 0 Å². The Morgan fingerprint density at radius 2 is 1.69 bits per heavy atom. The van der Waals surface area contributed by atoms with E-state index in [0.29, 0.717) is 17.9 Å². The number of para-hydroxylation sites is 2. The van der Waals surface area contributed by atoms with Crippen LogP contribution in [0.3, 0.4) is 0 Å². The van der Waals surface area contributed by atoms with Gasteiger partial charge in [-0.1, -0.05) is 36.4 Å². The van der Waals surface area contributed by atoms with Gasteiger partial charge in [-0.25, -0.2) is 0 Å². The standard InChI is InChI=1S/C22H20N4O3/c23-20-3-1-2-4-21(20)25-22(27)14-9-16-5-7-17(8-6-16)15-24-18-10-12-19(13-11-18)26(28)29/h1-14,24H,15,23H2,(H,25,27)/b14-9-. The van der Waals surface area contributed by atoms with Crippen LogP contribution in [0.5, 0.6) is 0 Å². The molecular formula is C22H20N4O3. The number of non-ortho nitro benzene ring substituents is 1. The third-order valence-electron chi connectivity index (χ3n) is 4.20. The van der Waals surface area contributed by atoms with Gasteiger partial charge in [0, 0.05) is 30.4 Å². The first-order valence-electron chi connectivity index (χ1n) is 8.92. The van der Waals surface area contributed by atoms with Crippen LogP contribution in [0.1, 0.15) is 11.1 Å². The summed E-state index contributed by atoms with van der Waals surface area (Å²) < 4.78 is 0. The SMILES string of the molecule is Nc1ccccc1NC(=O)/C=C\c1ccc(CNc2ccc([N+](=O)[O-])cc2)cc1. The van der Waals surface area contributed by atoms with Crippen LogP contribution in [-0.2, 0) is 11.3 Å². The Balaban J connectivity index is 1.53. The zero-order chi connectivity index (χ0) is 20.6. The van der Waals surface area contributed by atoms with Gasteiger partial charge in [0.2, 0.25) is 5.91 Å². The molecule has 0 atom stereocenters. The topological polar surface area (TPSA) is 110 Å². The average molecular weight is 388 g/mol. The lowest BCUT2D eigenvalue weighted by Crippen LogP contribution is -2.09. The summed E-state index contributed by atoms with van der Waals surface area (Å²) in [6.45, 7) is 0.579. The van der Waals surface area contributed by atoms with Gasteiger partial charge in [-0.15, -0.1) is 0 Å². The Morgan fingerprint density at radius 3 is 2.34 bits per heavy atom. The molecule has 0 saturated heterocycles. The molecule has 0 fully saturated rings. The van der Waals surface area contributed by atoms with Crippen molar-refractivity contribution in [3.8, 4) is 0 Å². The second-order valence-corrected chi connectivity index (χ2v) is 6.31. The first-order valence-corrected chi connectivity index (χ1v) is 8.92. The lowest BCUT2D eigenvalue weighted by atomic mass is 10.1. The van der Waals surface area contributed by atoms with Crippen LogP contribution >= 0.6 is 0 Å². The van der Waals surface area contributed by atoms with E-state index in [2.05, 4.69) is 10.6 Å². The Labute approximate surface area is 168 Å². The first-order chi connectivity index (χ1) is 14.0. The van der Waals surface area contributed by atoms with Crippen LogP contribution in [0.4, 0.5) is 22.7 Å². The summed E-state index contributed by atoms with van der Waals surface area (Å²) in [6.07, 6.45) is 3.18. The monoisotopic (exact) mass is 388 g/mol. The number of nitrogen functional groups attached to an aromatic ring is 1. The number of hydrogen-bond acceptors (Lipinski definition) is 5. The zero-order valence-electron chi connectivity index (χ0n) is 15.5. The number of rotatable bonds is 7. The number of anilines is 3. The molecule has 0 unspecified atom stereocenters. The van der Waals surface area contributed by atoms with Gasteiger partial charge in [-0.05, 0) is 41.5 Å². The molecule has 0 aliphatic heterocycles. The van der Waals surface area contributed by atoms with Crippen molar-refractivity contribution in [2.24, 2.45) is 0 Å². The fourth-order valence-corrected chi connectivity index (χ4v) is 2.61. The number of nitrogens with one attached hydrogen (secondary N) is 2. The van der Waals surface area contributed by atoms with E-state index in [9.17, 15) is 14.9 Å². The fourth-order valence-electron chi connectivity index (χ4n) is 2.61. The number of nitrogens with zero attached hydrogens (tertiary/aromatic N) is 1. The summed E-state index contributed by atoms with van der Waals surface area (Å²) in [7, 11) is 0. The maximum atomic E-state index is 12.0. The summed E-state index contributed by atoms with van der Waals surface area (Å²) >= 11 is 0. The number of hydrogen-bond donors (Lipinski definition) is 3. The van der Waals surface area contributed by atoms with Crippen molar-refractivity contribution in [2.75, 3.05) is 16.4 Å². The summed E-state index contributed by atoms with van der Waals surface area (Å²) in [5.41, 5.74) is 9.70. The molecule has 0 spiro atoms. The van der Waals surface area contributed by atoms with E-state index in [-0.39, 0.29) is 11.6 Å². The van der Waals surface area contributed by atoms with E-state index in [1.807, 2.05) is 24.3 Å². The Morgan fingerprint density at radius 1 is 1.00 bits per heavy atom. The van der Waals surface area contributed by atoms with Gasteiger partial charge in [0.15, 0.2) is 0 Å². The lowest BCUT2D eigenvalue weighted by molar-refractivity contribution is -0.384. The number of benzene rings is 3. The van der Waals surface area contributed by atoms with Crippen molar-refractivity contribution < 1.29 is 9.72 Å². The molecule has 0 saturated carbocycles. The zero-order valence-corrected chi connectivity index (χ0v) is 15.5. The molecule has 3 rings (SSSR count). The van der Waals surface area contributed by atoms with Crippen LogP contribution in [0.2, 0.25) is 0 Å². The number of carbonyl (C=O) groups excluding carboxylic acids is 1. The quantitative estimate of drug-likeness (QED) is 0.240. The van der Waals surface area contributed by atoms with E-state index in [1.54, 1.807) is 42.5 Å². The molecule has 1 amide bonds. The second kappa shape index (κ2) is 9.18. The van der Waals surface area contributed by atoms with Gasteiger partial charge < -0.3 is 16.4 Å². The van der Waals surface area contributed by atoms with Crippen molar-refractivity contribution in [1.82, 2.24) is 0 Å². The van der Waals surface area contributed by atoms with Gasteiger partial charge >= 0.3 is 0 Å². The summed E-state index contributed by atoms with van der Waals surface area (Å²) in [4.78, 5) is 22.3. The molecule has 3 aromatic carbocycles. The lowest BCUT2D eigenvalue weighted by Gasteiger charge is -2.07. The van der Waals surface area contributed by atoms with Crippen molar-refractivity contribution in [2.45, 2.75) is 6.54 Å². The average Bonchev–Trinajstić information content (AvgIpc) is 2.73. The molecule has 3 aromatic rings. The molecule has 0 aromatic heterocycles.